The molecule has 0 aromatic carbocycles. The van der Waals surface area contributed by atoms with Gasteiger partial charge in [0.1, 0.15) is 6.61 Å². The van der Waals surface area contributed by atoms with Crippen LogP contribution in [0.3, 0.4) is 0 Å². The highest BCUT2D eigenvalue weighted by atomic mass is 32.2. The molecule has 0 radical (unpaired) electrons. The Labute approximate surface area is 76.7 Å². The number of carbonyl (C=O) groups is 1. The molecule has 0 aromatic rings. The second-order valence-corrected chi connectivity index (χ2v) is 4.54. The van der Waals surface area contributed by atoms with Crippen molar-refractivity contribution in [3.8, 4) is 0 Å². The minimum absolute atomic E-state index is 0.0122. The van der Waals surface area contributed by atoms with Gasteiger partial charge in [-0.2, -0.15) is 0 Å². The smallest absolute Gasteiger partial charge is 0.246 e. The quantitative estimate of drug-likeness (QED) is 0.484. The van der Waals surface area contributed by atoms with Crippen LogP contribution in [0.5, 0.6) is 0 Å². The Hall–Kier alpha value is -0.660. The fourth-order valence-corrected chi connectivity index (χ4v) is 1.79. The summed E-state index contributed by atoms with van der Waals surface area (Å²) in [5, 5.41) is 2.42. The summed E-state index contributed by atoms with van der Waals surface area (Å²) >= 11 is 0. The summed E-state index contributed by atoms with van der Waals surface area (Å²) in [4.78, 5) is 10.9. The van der Waals surface area contributed by atoms with E-state index in [0.29, 0.717) is 0 Å². The van der Waals surface area contributed by atoms with E-state index < -0.39 is 10.0 Å². The van der Waals surface area contributed by atoms with Crippen molar-refractivity contribution < 1.29 is 17.9 Å². The highest BCUT2D eigenvalue weighted by Crippen LogP contribution is 1.85. The van der Waals surface area contributed by atoms with Crippen LogP contribution in [0.25, 0.3) is 0 Å². The summed E-state index contributed by atoms with van der Waals surface area (Å²) in [5.74, 6) is -0.365. The molecule has 0 bridgehead atoms. The summed E-state index contributed by atoms with van der Waals surface area (Å²) in [6.07, 6.45) is 0. The van der Waals surface area contributed by atoms with Crippen LogP contribution in [0.1, 0.15) is 0 Å². The number of ether oxygens (including phenoxy) is 1. The molecular weight excluding hydrogens is 196 g/mol. The summed E-state index contributed by atoms with van der Waals surface area (Å²) in [6, 6.07) is 0. The number of carbonyl (C=O) groups excluding carboxylic acids is 1. The van der Waals surface area contributed by atoms with E-state index in [-0.39, 0.29) is 38.0 Å². The molecular formula is C6H12N2O4S. The average molecular weight is 208 g/mol. The molecule has 1 fully saturated rings. The van der Waals surface area contributed by atoms with Crippen molar-refractivity contribution in [3.63, 3.8) is 0 Å². The van der Waals surface area contributed by atoms with Gasteiger partial charge in [-0.15, -0.1) is 0 Å². The van der Waals surface area contributed by atoms with Gasteiger partial charge in [-0.25, -0.2) is 13.1 Å². The lowest BCUT2D eigenvalue weighted by molar-refractivity contribution is -0.125. The number of hydrogen-bond acceptors (Lipinski definition) is 4. The van der Waals surface area contributed by atoms with Crippen molar-refractivity contribution >= 4 is 15.9 Å². The van der Waals surface area contributed by atoms with Crippen molar-refractivity contribution in [2.45, 2.75) is 0 Å². The van der Waals surface area contributed by atoms with Gasteiger partial charge >= 0.3 is 0 Å². The third-order valence-corrected chi connectivity index (χ3v) is 2.88. The predicted molar refractivity (Wildman–Crippen MR) is 45.6 cm³/mol. The maximum absolute atomic E-state index is 11.1. The van der Waals surface area contributed by atoms with Crippen LogP contribution in [0.2, 0.25) is 0 Å². The summed E-state index contributed by atoms with van der Waals surface area (Å²) in [5.41, 5.74) is 0. The Morgan fingerprint density at radius 3 is 2.85 bits per heavy atom. The first-order valence-electron chi connectivity index (χ1n) is 3.92. The zero-order valence-corrected chi connectivity index (χ0v) is 7.89. The average Bonchev–Trinajstić information content (AvgIpc) is 2.02. The number of hydrogen-bond donors (Lipinski definition) is 2. The fraction of sp³-hybridized carbons (Fsp3) is 0.833. The lowest BCUT2D eigenvalue weighted by Crippen LogP contribution is -2.39. The van der Waals surface area contributed by atoms with Gasteiger partial charge in [0.25, 0.3) is 0 Å². The second kappa shape index (κ2) is 4.54. The van der Waals surface area contributed by atoms with Gasteiger partial charge in [0.05, 0.1) is 12.4 Å². The Balaban J connectivity index is 2.49. The Morgan fingerprint density at radius 1 is 1.31 bits per heavy atom. The molecule has 0 aliphatic carbocycles. The monoisotopic (exact) mass is 208 g/mol. The van der Waals surface area contributed by atoms with Gasteiger partial charge in [0, 0.05) is 13.1 Å². The first kappa shape index (κ1) is 10.4. The molecule has 76 valence electrons. The standard InChI is InChI=1S/C6H12N2O4S/c9-6-5-12-3-1-8-13(10,11)4-2-7-6/h8H,1-5H2,(H,7,9). The molecule has 7 heteroatoms. The summed E-state index contributed by atoms with van der Waals surface area (Å²) < 4.78 is 29.4. The minimum atomic E-state index is -3.25. The van der Waals surface area contributed by atoms with Gasteiger partial charge in [0.15, 0.2) is 0 Å². The molecule has 1 saturated heterocycles. The van der Waals surface area contributed by atoms with Crippen molar-refractivity contribution in [1.29, 1.82) is 0 Å². The highest BCUT2D eigenvalue weighted by Gasteiger charge is 2.12. The van der Waals surface area contributed by atoms with Crippen LogP contribution in [-0.2, 0) is 19.6 Å². The van der Waals surface area contributed by atoms with E-state index in [0.717, 1.165) is 0 Å². The fourth-order valence-electron chi connectivity index (χ4n) is 0.882. The molecule has 2 N–H and O–H groups in total. The normalized spacial score (nSPS) is 24.8. The highest BCUT2D eigenvalue weighted by molar-refractivity contribution is 7.89. The molecule has 1 amide bonds. The third-order valence-electron chi connectivity index (χ3n) is 1.49. The van der Waals surface area contributed by atoms with E-state index in [2.05, 4.69) is 10.0 Å². The van der Waals surface area contributed by atoms with Crippen molar-refractivity contribution in [2.75, 3.05) is 32.1 Å². The topological polar surface area (TPSA) is 84.5 Å². The van der Waals surface area contributed by atoms with Crippen LogP contribution in [0.15, 0.2) is 0 Å². The molecule has 1 aliphatic rings. The van der Waals surface area contributed by atoms with Gasteiger partial charge in [-0.3, -0.25) is 4.79 Å². The lowest BCUT2D eigenvalue weighted by atomic mass is 10.6. The summed E-state index contributed by atoms with van der Waals surface area (Å²) in [7, 11) is -3.25. The molecule has 0 aromatic heterocycles. The number of nitrogens with one attached hydrogen (secondary N) is 2. The van der Waals surface area contributed by atoms with Gasteiger partial charge in [0.2, 0.25) is 15.9 Å². The zero-order chi connectivity index (χ0) is 9.73. The minimum Gasteiger partial charge on any atom is -0.370 e. The SMILES string of the molecule is O=C1COCCNS(=O)(=O)CCN1. The second-order valence-electron chi connectivity index (χ2n) is 2.62. The van der Waals surface area contributed by atoms with E-state index in [1.807, 2.05) is 0 Å². The first-order valence-corrected chi connectivity index (χ1v) is 5.57. The molecule has 1 rings (SSSR count). The van der Waals surface area contributed by atoms with Gasteiger partial charge in [-0.05, 0) is 0 Å². The van der Waals surface area contributed by atoms with Gasteiger partial charge < -0.3 is 10.1 Å². The predicted octanol–water partition coefficient (Wildman–Crippen LogP) is -1.95. The maximum atomic E-state index is 11.1. The first-order chi connectivity index (χ1) is 6.10. The van der Waals surface area contributed by atoms with Crippen molar-refractivity contribution in [3.05, 3.63) is 0 Å². The Bertz CT molecular complexity index is 274. The van der Waals surface area contributed by atoms with Crippen LogP contribution < -0.4 is 10.0 Å². The van der Waals surface area contributed by atoms with E-state index >= 15 is 0 Å². The largest absolute Gasteiger partial charge is 0.370 e. The van der Waals surface area contributed by atoms with E-state index in [1.54, 1.807) is 0 Å². The number of rotatable bonds is 0. The molecule has 0 saturated carbocycles. The van der Waals surface area contributed by atoms with E-state index in [9.17, 15) is 13.2 Å². The van der Waals surface area contributed by atoms with Crippen molar-refractivity contribution in [2.24, 2.45) is 0 Å². The van der Waals surface area contributed by atoms with Crippen LogP contribution in [-0.4, -0.2) is 46.4 Å². The molecule has 13 heavy (non-hydrogen) atoms. The molecule has 1 aliphatic heterocycles. The molecule has 6 nitrogen and oxygen atoms in total. The number of amides is 1. The van der Waals surface area contributed by atoms with Crippen LogP contribution >= 0.6 is 0 Å². The lowest BCUT2D eigenvalue weighted by Gasteiger charge is -2.11. The van der Waals surface area contributed by atoms with E-state index in [1.165, 1.54) is 0 Å². The molecule has 0 spiro atoms. The Morgan fingerprint density at radius 2 is 2.08 bits per heavy atom. The third kappa shape index (κ3) is 4.20. The van der Waals surface area contributed by atoms with Crippen LogP contribution in [0, 0.1) is 0 Å². The molecule has 1 heterocycles. The Kier molecular flexibility index (Phi) is 3.64. The maximum Gasteiger partial charge on any atom is 0.246 e. The number of sulfonamides is 1. The van der Waals surface area contributed by atoms with E-state index in [4.69, 9.17) is 4.74 Å². The summed E-state index contributed by atoms with van der Waals surface area (Å²) in [6.45, 7) is 0.543. The van der Waals surface area contributed by atoms with Gasteiger partial charge in [-0.1, -0.05) is 0 Å². The molecule has 0 unspecified atom stereocenters. The molecule has 0 atom stereocenters. The van der Waals surface area contributed by atoms with Crippen molar-refractivity contribution in [1.82, 2.24) is 10.0 Å². The van der Waals surface area contributed by atoms with Crippen LogP contribution in [0.4, 0.5) is 0 Å². The zero-order valence-electron chi connectivity index (χ0n) is 7.08.